The van der Waals surface area contributed by atoms with E-state index in [2.05, 4.69) is 29.6 Å². The molecule has 0 bridgehead atoms. The van der Waals surface area contributed by atoms with Gasteiger partial charge in [0.2, 0.25) is 5.95 Å². The minimum atomic E-state index is -0.426. The number of nitrogens with one attached hydrogen (secondary N) is 1. The van der Waals surface area contributed by atoms with Crippen LogP contribution in [0.25, 0.3) is 11.2 Å². The van der Waals surface area contributed by atoms with Crippen LogP contribution in [-0.2, 0) is 20.0 Å². The molecule has 7 nitrogen and oxygen atoms in total. The van der Waals surface area contributed by atoms with Gasteiger partial charge in [0.05, 0.1) is 12.1 Å². The lowest BCUT2D eigenvalue weighted by Crippen LogP contribution is -2.41. The lowest BCUT2D eigenvalue weighted by molar-refractivity contribution is 0.213. The second-order valence-corrected chi connectivity index (χ2v) is 9.00. The first-order valence-corrected chi connectivity index (χ1v) is 11.5. The van der Waals surface area contributed by atoms with E-state index in [-0.39, 0.29) is 12.2 Å². The van der Waals surface area contributed by atoms with Gasteiger partial charge in [0, 0.05) is 20.0 Å². The van der Waals surface area contributed by atoms with E-state index in [1.807, 2.05) is 41.0 Å². The summed E-state index contributed by atoms with van der Waals surface area (Å²) in [5.41, 5.74) is 2.60. The van der Waals surface area contributed by atoms with E-state index in [0.29, 0.717) is 30.1 Å². The van der Waals surface area contributed by atoms with Gasteiger partial charge in [-0.1, -0.05) is 73.5 Å². The molecule has 0 radical (unpaired) electrons. The summed E-state index contributed by atoms with van der Waals surface area (Å²) < 4.78 is 3.54. The van der Waals surface area contributed by atoms with Gasteiger partial charge in [-0.15, -0.1) is 0 Å². The minimum absolute atomic E-state index is 0.0165. The Hall–Kier alpha value is -3.45. The summed E-state index contributed by atoms with van der Waals surface area (Å²) in [5.74, 6) is 1.26. The van der Waals surface area contributed by atoms with E-state index in [1.54, 1.807) is 11.6 Å². The Morgan fingerprint density at radius 2 is 1.61 bits per heavy atom. The molecule has 0 aliphatic heterocycles. The lowest BCUT2D eigenvalue weighted by atomic mass is 9.99. The van der Waals surface area contributed by atoms with Crippen LogP contribution in [0.15, 0.2) is 65.5 Å². The fourth-order valence-electron chi connectivity index (χ4n) is 4.78. The number of rotatable bonds is 7. The molecular formula is C26H29N5O2. The van der Waals surface area contributed by atoms with E-state index in [4.69, 9.17) is 9.97 Å². The molecule has 7 heteroatoms. The van der Waals surface area contributed by atoms with Crippen LogP contribution >= 0.6 is 0 Å². The molecule has 1 fully saturated rings. The van der Waals surface area contributed by atoms with Crippen LogP contribution in [-0.4, -0.2) is 36.4 Å². The second kappa shape index (κ2) is 8.83. The van der Waals surface area contributed by atoms with Crippen molar-refractivity contribution in [3.05, 3.63) is 88.0 Å². The Bertz CT molecular complexity index is 1310. The monoisotopic (exact) mass is 443 g/mol. The standard InChI is InChI=1S/C26H29N5O2/c1-30-24(33)22-23(28-25(30)29-26(18-32)14-8-9-15-26)27-21(16-19-10-4-2-5-11-19)31(22)17-20-12-6-3-7-13-20/h2-7,10-13,32H,8-9,14-18H2,1H3,(H,28,29). The van der Waals surface area contributed by atoms with Crippen LogP contribution in [0, 0.1) is 0 Å². The highest BCUT2D eigenvalue weighted by Crippen LogP contribution is 2.32. The summed E-state index contributed by atoms with van der Waals surface area (Å²) in [6, 6.07) is 20.2. The molecule has 0 saturated heterocycles. The highest BCUT2D eigenvalue weighted by Gasteiger charge is 2.34. The smallest absolute Gasteiger partial charge is 0.280 e. The maximum atomic E-state index is 13.6. The van der Waals surface area contributed by atoms with Crippen molar-refractivity contribution in [1.82, 2.24) is 19.1 Å². The molecule has 2 aromatic heterocycles. The van der Waals surface area contributed by atoms with Crippen LogP contribution in [0.5, 0.6) is 0 Å². The van der Waals surface area contributed by atoms with Crippen molar-refractivity contribution in [2.24, 2.45) is 7.05 Å². The van der Waals surface area contributed by atoms with Crippen molar-refractivity contribution in [3.63, 3.8) is 0 Å². The molecule has 2 N–H and O–H groups in total. The van der Waals surface area contributed by atoms with E-state index in [0.717, 1.165) is 42.6 Å². The Kier molecular flexibility index (Phi) is 5.72. The quantitative estimate of drug-likeness (QED) is 0.457. The molecule has 0 unspecified atom stereocenters. The van der Waals surface area contributed by atoms with Crippen LogP contribution < -0.4 is 10.9 Å². The summed E-state index contributed by atoms with van der Waals surface area (Å²) in [6.45, 7) is 0.562. The molecule has 2 aromatic carbocycles. The van der Waals surface area contributed by atoms with Crippen molar-refractivity contribution in [3.8, 4) is 0 Å². The van der Waals surface area contributed by atoms with Gasteiger partial charge in [-0.25, -0.2) is 4.98 Å². The first-order chi connectivity index (χ1) is 16.1. The van der Waals surface area contributed by atoms with Gasteiger partial charge in [-0.3, -0.25) is 9.36 Å². The highest BCUT2D eigenvalue weighted by atomic mass is 16.3. The molecule has 33 heavy (non-hydrogen) atoms. The maximum absolute atomic E-state index is 13.6. The zero-order valence-corrected chi connectivity index (χ0v) is 18.9. The summed E-state index contributed by atoms with van der Waals surface area (Å²) in [5, 5.41) is 13.4. The van der Waals surface area contributed by atoms with E-state index in [1.165, 1.54) is 0 Å². The topological polar surface area (TPSA) is 85.0 Å². The predicted molar refractivity (Wildman–Crippen MR) is 129 cm³/mol. The fraction of sp³-hybridized carbons (Fsp3) is 0.346. The molecule has 5 rings (SSSR count). The average molecular weight is 444 g/mol. The average Bonchev–Trinajstić information content (AvgIpc) is 3.44. The molecule has 0 spiro atoms. The van der Waals surface area contributed by atoms with Crippen LogP contribution in [0.2, 0.25) is 0 Å². The first kappa shape index (κ1) is 21.4. The van der Waals surface area contributed by atoms with Gasteiger partial charge < -0.3 is 15.0 Å². The maximum Gasteiger partial charge on any atom is 0.280 e. The van der Waals surface area contributed by atoms with Crippen LogP contribution in [0.4, 0.5) is 5.95 Å². The Labute approximate surface area is 192 Å². The molecule has 0 amide bonds. The normalized spacial score (nSPS) is 15.2. The van der Waals surface area contributed by atoms with Crippen molar-refractivity contribution < 1.29 is 5.11 Å². The van der Waals surface area contributed by atoms with Gasteiger partial charge in [0.1, 0.15) is 5.82 Å². The number of aromatic nitrogens is 4. The second-order valence-electron chi connectivity index (χ2n) is 9.00. The SMILES string of the molecule is Cn1c(NC2(CO)CCCC2)nc2nc(Cc3ccccc3)n(Cc3ccccc3)c2c1=O. The predicted octanol–water partition coefficient (Wildman–Crippen LogP) is 3.49. The van der Waals surface area contributed by atoms with Crippen molar-refractivity contribution in [1.29, 1.82) is 0 Å². The van der Waals surface area contributed by atoms with Gasteiger partial charge >= 0.3 is 0 Å². The zero-order chi connectivity index (χ0) is 22.8. The number of benzene rings is 2. The first-order valence-electron chi connectivity index (χ1n) is 11.5. The summed E-state index contributed by atoms with van der Waals surface area (Å²) in [7, 11) is 1.73. The number of nitrogens with zero attached hydrogens (tertiary/aromatic N) is 4. The molecule has 1 aliphatic carbocycles. The van der Waals surface area contributed by atoms with Crippen molar-refractivity contribution in [2.45, 2.75) is 44.2 Å². The number of aliphatic hydroxyl groups excluding tert-OH is 1. The van der Waals surface area contributed by atoms with Crippen molar-refractivity contribution >= 4 is 17.1 Å². The molecular weight excluding hydrogens is 414 g/mol. The number of anilines is 1. The molecule has 170 valence electrons. The number of hydrogen-bond donors (Lipinski definition) is 2. The van der Waals surface area contributed by atoms with Crippen LogP contribution in [0.3, 0.4) is 0 Å². The van der Waals surface area contributed by atoms with Crippen molar-refractivity contribution in [2.75, 3.05) is 11.9 Å². The summed E-state index contributed by atoms with van der Waals surface area (Å²) >= 11 is 0. The molecule has 1 saturated carbocycles. The third-order valence-corrected chi connectivity index (χ3v) is 6.69. The van der Waals surface area contributed by atoms with Gasteiger partial charge in [-0.2, -0.15) is 4.98 Å². The number of imidazole rings is 1. The minimum Gasteiger partial charge on any atom is -0.394 e. The third-order valence-electron chi connectivity index (χ3n) is 6.69. The van der Waals surface area contributed by atoms with Gasteiger partial charge in [0.15, 0.2) is 11.2 Å². The summed E-state index contributed by atoms with van der Waals surface area (Å²) in [6.07, 6.45) is 4.43. The third kappa shape index (κ3) is 4.16. The van der Waals surface area contributed by atoms with Gasteiger partial charge in [-0.05, 0) is 24.0 Å². The van der Waals surface area contributed by atoms with E-state index in [9.17, 15) is 9.90 Å². The molecule has 2 heterocycles. The highest BCUT2D eigenvalue weighted by molar-refractivity contribution is 5.72. The Morgan fingerprint density at radius 3 is 2.24 bits per heavy atom. The van der Waals surface area contributed by atoms with E-state index < -0.39 is 5.54 Å². The number of fused-ring (bicyclic) bond motifs is 1. The lowest BCUT2D eigenvalue weighted by Gasteiger charge is -2.29. The molecule has 1 aliphatic rings. The fourth-order valence-corrected chi connectivity index (χ4v) is 4.78. The largest absolute Gasteiger partial charge is 0.394 e. The molecule has 0 atom stereocenters. The Balaban J connectivity index is 1.62. The van der Waals surface area contributed by atoms with E-state index >= 15 is 0 Å². The molecule has 4 aromatic rings. The van der Waals surface area contributed by atoms with Gasteiger partial charge in [0.25, 0.3) is 5.56 Å². The number of hydrogen-bond acceptors (Lipinski definition) is 5. The van der Waals surface area contributed by atoms with Crippen LogP contribution in [0.1, 0.15) is 42.6 Å². The zero-order valence-electron chi connectivity index (χ0n) is 18.9. The summed E-state index contributed by atoms with van der Waals surface area (Å²) in [4.78, 5) is 23.1. The number of aliphatic hydroxyl groups is 1. The Morgan fingerprint density at radius 1 is 0.970 bits per heavy atom.